The van der Waals surface area contributed by atoms with Crippen LogP contribution in [-0.2, 0) is 0 Å². The summed E-state index contributed by atoms with van der Waals surface area (Å²) >= 11 is 0. The zero-order chi connectivity index (χ0) is 8.77. The van der Waals surface area contributed by atoms with Crippen LogP contribution >= 0.6 is 0 Å². The second-order valence-electron chi connectivity index (χ2n) is 4.94. The molecule has 0 aromatic carbocycles. The SMILES string of the molecule is CC1NCC(C)(C)C2CCCN12. The van der Waals surface area contributed by atoms with E-state index < -0.39 is 0 Å². The highest BCUT2D eigenvalue weighted by Gasteiger charge is 2.42. The first kappa shape index (κ1) is 8.52. The first-order valence-electron chi connectivity index (χ1n) is 5.10. The predicted molar refractivity (Wildman–Crippen MR) is 51.0 cm³/mol. The van der Waals surface area contributed by atoms with Crippen LogP contribution in [0.4, 0.5) is 0 Å². The van der Waals surface area contributed by atoms with E-state index in [0.717, 1.165) is 6.04 Å². The van der Waals surface area contributed by atoms with E-state index in [0.29, 0.717) is 11.6 Å². The summed E-state index contributed by atoms with van der Waals surface area (Å²) in [5, 5.41) is 3.57. The maximum absolute atomic E-state index is 3.57. The zero-order valence-corrected chi connectivity index (χ0v) is 8.43. The number of nitrogens with zero attached hydrogens (tertiary/aromatic N) is 1. The number of fused-ring (bicyclic) bond motifs is 1. The summed E-state index contributed by atoms with van der Waals surface area (Å²) < 4.78 is 0. The van der Waals surface area contributed by atoms with Crippen molar-refractivity contribution in [1.29, 1.82) is 0 Å². The van der Waals surface area contributed by atoms with E-state index in [1.165, 1.54) is 25.9 Å². The van der Waals surface area contributed by atoms with Crippen LogP contribution in [0.25, 0.3) is 0 Å². The molecule has 2 aliphatic rings. The molecule has 0 aromatic heterocycles. The van der Waals surface area contributed by atoms with Gasteiger partial charge in [-0.25, -0.2) is 0 Å². The van der Waals surface area contributed by atoms with Crippen molar-refractivity contribution in [2.24, 2.45) is 5.41 Å². The predicted octanol–water partition coefficient (Wildman–Crippen LogP) is 1.43. The van der Waals surface area contributed by atoms with Crippen molar-refractivity contribution in [1.82, 2.24) is 10.2 Å². The minimum absolute atomic E-state index is 0.475. The first-order chi connectivity index (χ1) is 5.61. The van der Waals surface area contributed by atoms with Crippen LogP contribution in [0, 0.1) is 5.41 Å². The van der Waals surface area contributed by atoms with Crippen LogP contribution in [0.1, 0.15) is 33.6 Å². The molecule has 2 saturated heterocycles. The third kappa shape index (κ3) is 1.17. The van der Waals surface area contributed by atoms with Crippen molar-refractivity contribution in [2.45, 2.75) is 45.8 Å². The Hall–Kier alpha value is -0.0800. The molecule has 2 atom stereocenters. The lowest BCUT2D eigenvalue weighted by atomic mass is 9.81. The molecule has 12 heavy (non-hydrogen) atoms. The van der Waals surface area contributed by atoms with E-state index in [2.05, 4.69) is 31.0 Å². The summed E-state index contributed by atoms with van der Waals surface area (Å²) in [7, 11) is 0. The Morgan fingerprint density at radius 3 is 2.83 bits per heavy atom. The normalized spacial score (nSPS) is 41.2. The molecular formula is C10H20N2. The molecule has 0 amide bonds. The summed E-state index contributed by atoms with van der Waals surface area (Å²) in [6.45, 7) is 9.52. The molecule has 2 unspecified atom stereocenters. The largest absolute Gasteiger partial charge is 0.301 e. The molecule has 1 N–H and O–H groups in total. The van der Waals surface area contributed by atoms with Gasteiger partial charge in [-0.15, -0.1) is 0 Å². The van der Waals surface area contributed by atoms with E-state index >= 15 is 0 Å². The quantitative estimate of drug-likeness (QED) is 0.588. The average Bonchev–Trinajstić information content (AvgIpc) is 2.46. The highest BCUT2D eigenvalue weighted by molar-refractivity contribution is 4.97. The second-order valence-corrected chi connectivity index (χ2v) is 4.94. The number of hydrogen-bond acceptors (Lipinski definition) is 2. The van der Waals surface area contributed by atoms with Gasteiger partial charge in [-0.2, -0.15) is 0 Å². The summed E-state index contributed by atoms with van der Waals surface area (Å²) in [5.41, 5.74) is 0.475. The van der Waals surface area contributed by atoms with E-state index in [1.54, 1.807) is 0 Å². The minimum atomic E-state index is 0.475. The fraction of sp³-hybridized carbons (Fsp3) is 1.00. The third-order valence-corrected chi connectivity index (χ3v) is 3.55. The first-order valence-corrected chi connectivity index (χ1v) is 5.10. The monoisotopic (exact) mass is 168 g/mol. The second kappa shape index (κ2) is 2.71. The molecule has 0 bridgehead atoms. The van der Waals surface area contributed by atoms with E-state index in [1.807, 2.05) is 0 Å². The van der Waals surface area contributed by atoms with Crippen LogP contribution < -0.4 is 5.32 Å². The average molecular weight is 168 g/mol. The molecular weight excluding hydrogens is 148 g/mol. The number of rotatable bonds is 0. The molecule has 2 fully saturated rings. The molecule has 70 valence electrons. The zero-order valence-electron chi connectivity index (χ0n) is 8.43. The topological polar surface area (TPSA) is 15.3 Å². The highest BCUT2D eigenvalue weighted by Crippen LogP contribution is 2.36. The minimum Gasteiger partial charge on any atom is -0.301 e. The van der Waals surface area contributed by atoms with Gasteiger partial charge in [-0.05, 0) is 31.7 Å². The van der Waals surface area contributed by atoms with Gasteiger partial charge in [0.15, 0.2) is 0 Å². The lowest BCUT2D eigenvalue weighted by Crippen LogP contribution is -2.60. The van der Waals surface area contributed by atoms with Crippen molar-refractivity contribution in [3.63, 3.8) is 0 Å². The van der Waals surface area contributed by atoms with Gasteiger partial charge in [0.05, 0.1) is 6.17 Å². The van der Waals surface area contributed by atoms with Crippen LogP contribution in [0.15, 0.2) is 0 Å². The number of hydrogen-bond donors (Lipinski definition) is 1. The summed E-state index contributed by atoms with van der Waals surface area (Å²) in [5.74, 6) is 0. The van der Waals surface area contributed by atoms with Crippen molar-refractivity contribution in [3.05, 3.63) is 0 Å². The molecule has 0 radical (unpaired) electrons. The Bertz CT molecular complexity index is 177. The molecule has 2 nitrogen and oxygen atoms in total. The van der Waals surface area contributed by atoms with E-state index in [4.69, 9.17) is 0 Å². The van der Waals surface area contributed by atoms with Gasteiger partial charge in [-0.3, -0.25) is 4.90 Å². The Labute approximate surface area is 75.3 Å². The lowest BCUT2D eigenvalue weighted by Gasteiger charge is -2.47. The summed E-state index contributed by atoms with van der Waals surface area (Å²) in [6, 6.07) is 0.828. The fourth-order valence-corrected chi connectivity index (χ4v) is 2.74. The third-order valence-electron chi connectivity index (χ3n) is 3.55. The Morgan fingerprint density at radius 2 is 2.17 bits per heavy atom. The van der Waals surface area contributed by atoms with Crippen molar-refractivity contribution in [2.75, 3.05) is 13.1 Å². The smallest absolute Gasteiger partial charge is 0.0570 e. The van der Waals surface area contributed by atoms with Crippen LogP contribution in [0.2, 0.25) is 0 Å². The summed E-state index contributed by atoms with van der Waals surface area (Å²) in [6.07, 6.45) is 3.39. The Balaban J connectivity index is 2.17. The Kier molecular flexibility index (Phi) is 1.92. The van der Waals surface area contributed by atoms with Crippen molar-refractivity contribution < 1.29 is 0 Å². The molecule has 0 aromatic rings. The van der Waals surface area contributed by atoms with Crippen LogP contribution in [0.3, 0.4) is 0 Å². The van der Waals surface area contributed by atoms with Gasteiger partial charge in [0.2, 0.25) is 0 Å². The molecule has 0 aliphatic carbocycles. The molecule has 2 heterocycles. The maximum atomic E-state index is 3.57. The fourth-order valence-electron chi connectivity index (χ4n) is 2.74. The van der Waals surface area contributed by atoms with Crippen LogP contribution in [0.5, 0.6) is 0 Å². The van der Waals surface area contributed by atoms with Gasteiger partial charge in [-0.1, -0.05) is 13.8 Å². The number of nitrogens with one attached hydrogen (secondary N) is 1. The van der Waals surface area contributed by atoms with Crippen molar-refractivity contribution >= 4 is 0 Å². The van der Waals surface area contributed by atoms with E-state index in [9.17, 15) is 0 Å². The molecule has 2 aliphatic heterocycles. The highest BCUT2D eigenvalue weighted by atomic mass is 15.3. The Morgan fingerprint density at radius 1 is 1.42 bits per heavy atom. The van der Waals surface area contributed by atoms with Gasteiger partial charge < -0.3 is 5.32 Å². The molecule has 0 saturated carbocycles. The standard InChI is InChI=1S/C10H20N2/c1-8-11-7-10(2,3)9-5-4-6-12(8)9/h8-9,11H,4-7H2,1-3H3. The molecule has 0 spiro atoms. The van der Waals surface area contributed by atoms with Crippen molar-refractivity contribution in [3.8, 4) is 0 Å². The molecule has 2 rings (SSSR count). The maximum Gasteiger partial charge on any atom is 0.0570 e. The van der Waals surface area contributed by atoms with E-state index in [-0.39, 0.29) is 0 Å². The molecule has 2 heteroatoms. The van der Waals surface area contributed by atoms with Gasteiger partial charge in [0.1, 0.15) is 0 Å². The van der Waals surface area contributed by atoms with Crippen LogP contribution in [-0.4, -0.2) is 30.2 Å². The van der Waals surface area contributed by atoms with Gasteiger partial charge in [0.25, 0.3) is 0 Å². The summed E-state index contributed by atoms with van der Waals surface area (Å²) in [4.78, 5) is 2.63. The van der Waals surface area contributed by atoms with Gasteiger partial charge >= 0.3 is 0 Å². The van der Waals surface area contributed by atoms with Gasteiger partial charge in [0, 0.05) is 12.6 Å². The lowest BCUT2D eigenvalue weighted by molar-refractivity contribution is 0.0266.